The summed E-state index contributed by atoms with van der Waals surface area (Å²) in [5.41, 5.74) is 1.73. The molecule has 0 amide bonds. The zero-order valence-corrected chi connectivity index (χ0v) is 23.9. The fraction of sp³-hybridized carbons (Fsp3) is 0.348. The molecule has 0 saturated carbocycles. The molecule has 11 nitrogen and oxygen atoms in total. The topological polar surface area (TPSA) is 164 Å². The van der Waals surface area contributed by atoms with Gasteiger partial charge in [-0.2, -0.15) is 21.4 Å². The second-order valence-corrected chi connectivity index (χ2v) is 13.5. The van der Waals surface area contributed by atoms with Gasteiger partial charge in [-0.1, -0.05) is 23.1 Å². The van der Waals surface area contributed by atoms with Gasteiger partial charge in [0, 0.05) is 23.9 Å². The molecule has 3 N–H and O–H groups in total. The second-order valence-electron chi connectivity index (χ2n) is 8.27. The molecule has 0 unspecified atom stereocenters. The van der Waals surface area contributed by atoms with Gasteiger partial charge in [-0.25, -0.2) is 0 Å². The number of nitrogens with zero attached hydrogens (tertiary/aromatic N) is 2. The summed E-state index contributed by atoms with van der Waals surface area (Å²) >= 11 is 3.05. The van der Waals surface area contributed by atoms with Gasteiger partial charge in [-0.05, 0) is 30.7 Å². The third-order valence-corrected chi connectivity index (χ3v) is 9.52. The first-order valence-electron chi connectivity index (χ1n) is 11.2. The smallest absolute Gasteiger partial charge is 0.265 e. The zero-order valence-electron chi connectivity index (χ0n) is 20.6. The summed E-state index contributed by atoms with van der Waals surface area (Å²) in [7, 11) is -5.05. The fourth-order valence-corrected chi connectivity index (χ4v) is 7.28. The minimum absolute atomic E-state index is 0. The van der Waals surface area contributed by atoms with E-state index < -0.39 is 20.2 Å². The molecule has 2 aromatic carbocycles. The number of hydrogen-bond acceptors (Lipinski definition) is 10. The first-order chi connectivity index (χ1) is 17.5. The summed E-state index contributed by atoms with van der Waals surface area (Å²) in [6.07, 6.45) is 2.41. The van der Waals surface area contributed by atoms with Crippen LogP contribution in [-0.4, -0.2) is 63.7 Å². The summed E-state index contributed by atoms with van der Waals surface area (Å²) in [6.45, 7) is 0.695. The lowest BCUT2D eigenvalue weighted by atomic mass is 10.2. The van der Waals surface area contributed by atoms with Crippen molar-refractivity contribution < 1.29 is 45.5 Å². The van der Waals surface area contributed by atoms with Crippen LogP contribution in [0.3, 0.4) is 0 Å². The molecule has 4 rings (SSSR count). The predicted molar refractivity (Wildman–Crippen MR) is 147 cm³/mol. The van der Waals surface area contributed by atoms with Crippen LogP contribution in [0.2, 0.25) is 0 Å². The molecule has 1 aromatic heterocycles. The Balaban J connectivity index is 0.00000400. The quantitative estimate of drug-likeness (QED) is 0.243. The molecule has 15 heteroatoms. The molecule has 0 aliphatic carbocycles. The normalized spacial score (nSPS) is 14.5. The van der Waals surface area contributed by atoms with Crippen LogP contribution < -0.4 is 18.9 Å². The lowest BCUT2D eigenvalue weighted by Crippen LogP contribution is -2.36. The zero-order chi connectivity index (χ0) is 26.8. The van der Waals surface area contributed by atoms with Crippen molar-refractivity contribution in [3.8, 4) is 11.5 Å². The molecule has 0 fully saturated rings. The van der Waals surface area contributed by atoms with E-state index in [0.717, 1.165) is 30.8 Å². The Morgan fingerprint density at radius 2 is 1.58 bits per heavy atom. The summed E-state index contributed by atoms with van der Waals surface area (Å²) in [6, 6.07) is 11.3. The van der Waals surface area contributed by atoms with Crippen LogP contribution in [-0.2, 0) is 26.8 Å². The van der Waals surface area contributed by atoms with Gasteiger partial charge in [0.05, 0.1) is 48.6 Å². The van der Waals surface area contributed by atoms with Gasteiger partial charge < -0.3 is 19.8 Å². The number of hydrogen-bond donors (Lipinski definition) is 2. The van der Waals surface area contributed by atoms with E-state index in [4.69, 9.17) is 9.47 Å². The van der Waals surface area contributed by atoms with Crippen LogP contribution in [0.15, 0.2) is 46.3 Å². The SMILES string of the molecule is COc1ccc2c(c1)N(CCCS(=O)(=O)O)C(=Cc1sc3ccc(OC)cc3[n+]1CCCS(=O)(=O)O)S2.[OH-]. The van der Waals surface area contributed by atoms with Gasteiger partial charge in [-0.3, -0.25) is 9.11 Å². The molecule has 0 atom stereocenters. The molecular weight excluding hydrogens is 577 g/mol. The Morgan fingerprint density at radius 3 is 2.24 bits per heavy atom. The van der Waals surface area contributed by atoms with Gasteiger partial charge in [0.1, 0.15) is 16.2 Å². The first kappa shape index (κ1) is 30.1. The van der Waals surface area contributed by atoms with E-state index in [-0.39, 0.29) is 29.8 Å². The van der Waals surface area contributed by atoms with Crippen molar-refractivity contribution in [3.05, 3.63) is 46.4 Å². The highest BCUT2D eigenvalue weighted by molar-refractivity contribution is 8.04. The Morgan fingerprint density at radius 1 is 0.947 bits per heavy atom. The van der Waals surface area contributed by atoms with Crippen molar-refractivity contribution in [2.45, 2.75) is 24.3 Å². The van der Waals surface area contributed by atoms with Crippen LogP contribution in [0.1, 0.15) is 17.8 Å². The van der Waals surface area contributed by atoms with Gasteiger partial charge in [-0.15, -0.1) is 0 Å². The molecule has 3 aromatic rings. The van der Waals surface area contributed by atoms with E-state index in [1.807, 2.05) is 51.9 Å². The fourth-order valence-electron chi connectivity index (χ4n) is 4.01. The number of fused-ring (bicyclic) bond motifs is 2. The van der Waals surface area contributed by atoms with E-state index in [0.29, 0.717) is 24.6 Å². The van der Waals surface area contributed by atoms with Gasteiger partial charge in [0.25, 0.3) is 25.2 Å². The number of rotatable bonds is 11. The third kappa shape index (κ3) is 7.37. The molecule has 208 valence electrons. The maximum Gasteiger partial charge on any atom is 0.265 e. The Kier molecular flexibility index (Phi) is 9.67. The first-order valence-corrected chi connectivity index (χ1v) is 16.1. The molecule has 0 saturated heterocycles. The Labute approximate surface area is 229 Å². The highest BCUT2D eigenvalue weighted by Gasteiger charge is 2.29. The minimum atomic E-state index is -4.10. The van der Waals surface area contributed by atoms with E-state index in [1.165, 1.54) is 23.1 Å². The van der Waals surface area contributed by atoms with Crippen molar-refractivity contribution in [1.29, 1.82) is 0 Å². The van der Waals surface area contributed by atoms with Gasteiger partial charge in [0.15, 0.2) is 6.54 Å². The monoisotopic (exact) mass is 604 g/mol. The number of benzene rings is 2. The highest BCUT2D eigenvalue weighted by atomic mass is 32.2. The number of aromatic nitrogens is 1. The van der Waals surface area contributed by atoms with Crippen LogP contribution in [0.4, 0.5) is 5.69 Å². The molecule has 38 heavy (non-hydrogen) atoms. The number of thioether (sulfide) groups is 1. The number of aryl methyl sites for hydroxylation is 1. The highest BCUT2D eigenvalue weighted by Crippen LogP contribution is 2.48. The van der Waals surface area contributed by atoms with E-state index in [9.17, 15) is 25.9 Å². The van der Waals surface area contributed by atoms with Crippen molar-refractivity contribution >= 4 is 65.3 Å². The summed E-state index contributed by atoms with van der Waals surface area (Å²) in [4.78, 5) is 2.96. The molecule has 0 bridgehead atoms. The molecular formula is C23H28N2O9S4. The van der Waals surface area contributed by atoms with Crippen LogP contribution in [0.5, 0.6) is 11.5 Å². The number of methoxy groups -OCH3 is 2. The average molecular weight is 605 g/mol. The Bertz CT molecular complexity index is 1550. The number of anilines is 1. The molecule has 0 spiro atoms. The van der Waals surface area contributed by atoms with Crippen molar-refractivity contribution in [3.63, 3.8) is 0 Å². The van der Waals surface area contributed by atoms with E-state index >= 15 is 0 Å². The van der Waals surface area contributed by atoms with Crippen molar-refractivity contribution in [1.82, 2.24) is 0 Å². The summed E-state index contributed by atoms with van der Waals surface area (Å²) in [5, 5.41) is 1.70. The predicted octanol–water partition coefficient (Wildman–Crippen LogP) is 3.50. The van der Waals surface area contributed by atoms with Gasteiger partial charge >= 0.3 is 0 Å². The van der Waals surface area contributed by atoms with E-state index in [2.05, 4.69) is 0 Å². The Hall–Kier alpha value is -2.40. The largest absolute Gasteiger partial charge is 0.870 e. The second kappa shape index (κ2) is 12.2. The third-order valence-electron chi connectivity index (χ3n) is 5.69. The number of thiazole rings is 1. The maximum absolute atomic E-state index is 11.3. The average Bonchev–Trinajstić information content (AvgIpc) is 3.34. The molecule has 1 aliphatic rings. The summed E-state index contributed by atoms with van der Waals surface area (Å²) < 4.78 is 77.4. The minimum Gasteiger partial charge on any atom is -0.870 e. The van der Waals surface area contributed by atoms with E-state index in [1.54, 1.807) is 14.2 Å². The van der Waals surface area contributed by atoms with Crippen molar-refractivity contribution in [2.75, 3.05) is 37.2 Å². The number of ether oxygens (including phenoxy) is 2. The lowest BCUT2D eigenvalue weighted by molar-refractivity contribution is -0.668. The standard InChI is InChI=1S/C23H26N2O8S4.H2O/c1-32-16-5-7-20-18(13-16)24(9-3-11-36(26,27)28)22(34-20)15-23-25(10-4-12-37(29,30)31)19-14-17(33-2)6-8-21(19)35-23;/h5-8,13-15H,3-4,9-12H2,1-2H3,(H-,26,27,28,29,30,31);1H2. The molecule has 1 aliphatic heterocycles. The molecule has 0 radical (unpaired) electrons. The molecule has 2 heterocycles. The van der Waals surface area contributed by atoms with Crippen LogP contribution in [0, 0.1) is 0 Å². The van der Waals surface area contributed by atoms with Crippen LogP contribution >= 0.6 is 23.1 Å². The van der Waals surface area contributed by atoms with Crippen LogP contribution in [0.25, 0.3) is 16.3 Å². The summed E-state index contributed by atoms with van der Waals surface area (Å²) in [5.74, 6) is 0.599. The van der Waals surface area contributed by atoms with Crippen molar-refractivity contribution in [2.24, 2.45) is 0 Å². The lowest BCUT2D eigenvalue weighted by Gasteiger charge is -2.20. The maximum atomic E-state index is 11.3. The van der Waals surface area contributed by atoms with Gasteiger partial charge in [0.2, 0.25) is 5.52 Å².